The number of amides is 1. The molecule has 0 radical (unpaired) electrons. The van der Waals surface area contributed by atoms with Crippen molar-refractivity contribution in [3.8, 4) is 0 Å². The molecule has 1 aromatic heterocycles. The van der Waals surface area contributed by atoms with Gasteiger partial charge < -0.3 is 11.1 Å². The Bertz CT molecular complexity index is 419. The standard InChI is InChI=1S/C14H21N3O/c1-10-6-3-2-4-7-11(10)17-14(18)12-8-5-9-13(15)16-12/h5,8-11H,2-4,6-7H2,1H3,(H2,15,16)(H,17,18). The highest BCUT2D eigenvalue weighted by molar-refractivity contribution is 5.92. The number of nitrogens with two attached hydrogens (primary N) is 1. The van der Waals surface area contributed by atoms with Crippen LogP contribution in [0.3, 0.4) is 0 Å². The lowest BCUT2D eigenvalue weighted by atomic mass is 9.97. The number of carbonyl (C=O) groups excluding carboxylic acids is 1. The number of aromatic nitrogens is 1. The number of hydrogen-bond donors (Lipinski definition) is 2. The van der Waals surface area contributed by atoms with Gasteiger partial charge in [0.25, 0.3) is 5.91 Å². The molecule has 18 heavy (non-hydrogen) atoms. The van der Waals surface area contributed by atoms with Crippen LogP contribution in [0.5, 0.6) is 0 Å². The molecule has 98 valence electrons. The summed E-state index contributed by atoms with van der Waals surface area (Å²) in [5, 5.41) is 3.10. The molecule has 0 aromatic carbocycles. The Morgan fingerprint density at radius 3 is 2.89 bits per heavy atom. The molecule has 1 amide bonds. The molecule has 1 aromatic rings. The lowest BCUT2D eigenvalue weighted by Gasteiger charge is -2.22. The van der Waals surface area contributed by atoms with Gasteiger partial charge in [-0.3, -0.25) is 4.79 Å². The number of nitrogens with one attached hydrogen (secondary N) is 1. The van der Waals surface area contributed by atoms with E-state index in [4.69, 9.17) is 5.73 Å². The Balaban J connectivity index is 2.01. The Hall–Kier alpha value is -1.58. The minimum atomic E-state index is -0.110. The second kappa shape index (κ2) is 5.85. The number of pyridine rings is 1. The molecule has 1 saturated carbocycles. The first-order valence-electron chi connectivity index (χ1n) is 6.70. The van der Waals surface area contributed by atoms with Crippen LogP contribution in [-0.4, -0.2) is 16.9 Å². The van der Waals surface area contributed by atoms with Crippen LogP contribution in [0.15, 0.2) is 18.2 Å². The minimum Gasteiger partial charge on any atom is -0.384 e. The first-order chi connectivity index (χ1) is 8.66. The van der Waals surface area contributed by atoms with Crippen molar-refractivity contribution in [3.63, 3.8) is 0 Å². The molecular weight excluding hydrogens is 226 g/mol. The second-order valence-corrected chi connectivity index (χ2v) is 5.14. The van der Waals surface area contributed by atoms with Crippen LogP contribution in [0, 0.1) is 5.92 Å². The first kappa shape index (κ1) is 12.9. The van der Waals surface area contributed by atoms with E-state index in [1.807, 2.05) is 0 Å². The average Bonchev–Trinajstić information content (AvgIpc) is 2.55. The number of nitrogens with zero attached hydrogens (tertiary/aromatic N) is 1. The van der Waals surface area contributed by atoms with Crippen molar-refractivity contribution in [2.24, 2.45) is 5.92 Å². The zero-order chi connectivity index (χ0) is 13.0. The van der Waals surface area contributed by atoms with E-state index < -0.39 is 0 Å². The zero-order valence-corrected chi connectivity index (χ0v) is 10.9. The fourth-order valence-electron chi connectivity index (χ4n) is 2.53. The molecular formula is C14H21N3O. The topological polar surface area (TPSA) is 68.0 Å². The van der Waals surface area contributed by atoms with Gasteiger partial charge in [0.2, 0.25) is 0 Å². The van der Waals surface area contributed by atoms with E-state index in [0.717, 1.165) is 6.42 Å². The summed E-state index contributed by atoms with van der Waals surface area (Å²) in [6.45, 7) is 2.21. The van der Waals surface area contributed by atoms with E-state index in [9.17, 15) is 4.79 Å². The SMILES string of the molecule is CC1CCCCCC1NC(=O)c1cccc(N)n1. The molecule has 2 rings (SSSR count). The number of nitrogen functional groups attached to an aromatic ring is 1. The second-order valence-electron chi connectivity index (χ2n) is 5.14. The quantitative estimate of drug-likeness (QED) is 0.788. The van der Waals surface area contributed by atoms with Crippen molar-refractivity contribution < 1.29 is 4.79 Å². The average molecular weight is 247 g/mol. The number of anilines is 1. The van der Waals surface area contributed by atoms with Crippen molar-refractivity contribution in [1.29, 1.82) is 0 Å². The van der Waals surface area contributed by atoms with Crippen molar-refractivity contribution >= 4 is 11.7 Å². The molecule has 0 saturated heterocycles. The Kier molecular flexibility index (Phi) is 4.18. The molecule has 4 nitrogen and oxygen atoms in total. The van der Waals surface area contributed by atoms with Gasteiger partial charge in [-0.1, -0.05) is 32.3 Å². The smallest absolute Gasteiger partial charge is 0.270 e. The molecule has 0 spiro atoms. The molecule has 2 atom stereocenters. The highest BCUT2D eigenvalue weighted by Gasteiger charge is 2.22. The Labute approximate surface area is 108 Å². The molecule has 3 N–H and O–H groups in total. The van der Waals surface area contributed by atoms with Crippen LogP contribution in [0.25, 0.3) is 0 Å². The summed E-state index contributed by atoms with van der Waals surface area (Å²) in [6, 6.07) is 5.41. The highest BCUT2D eigenvalue weighted by Crippen LogP contribution is 2.23. The third-order valence-corrected chi connectivity index (χ3v) is 3.68. The summed E-state index contributed by atoms with van der Waals surface area (Å²) in [5.41, 5.74) is 6.00. The third-order valence-electron chi connectivity index (χ3n) is 3.68. The Morgan fingerprint density at radius 2 is 2.11 bits per heavy atom. The van der Waals surface area contributed by atoms with Crippen LogP contribution < -0.4 is 11.1 Å². The maximum absolute atomic E-state index is 12.1. The predicted molar refractivity (Wildman–Crippen MR) is 72.2 cm³/mol. The molecule has 2 unspecified atom stereocenters. The number of carbonyl (C=O) groups is 1. The largest absolute Gasteiger partial charge is 0.384 e. The summed E-state index contributed by atoms with van der Waals surface area (Å²) in [4.78, 5) is 16.1. The van der Waals surface area contributed by atoms with Crippen molar-refractivity contribution in [2.75, 3.05) is 5.73 Å². The maximum Gasteiger partial charge on any atom is 0.270 e. The fraction of sp³-hybridized carbons (Fsp3) is 0.571. The van der Waals surface area contributed by atoms with Gasteiger partial charge in [0, 0.05) is 6.04 Å². The number of rotatable bonds is 2. The van der Waals surface area contributed by atoms with E-state index in [2.05, 4.69) is 17.2 Å². The third kappa shape index (κ3) is 3.22. The van der Waals surface area contributed by atoms with Crippen molar-refractivity contribution in [2.45, 2.75) is 45.1 Å². The monoisotopic (exact) mass is 247 g/mol. The van der Waals surface area contributed by atoms with Crippen LogP contribution in [0.2, 0.25) is 0 Å². The van der Waals surface area contributed by atoms with Gasteiger partial charge in [-0.2, -0.15) is 0 Å². The van der Waals surface area contributed by atoms with E-state index in [0.29, 0.717) is 17.4 Å². The molecule has 4 heteroatoms. The summed E-state index contributed by atoms with van der Waals surface area (Å²) in [7, 11) is 0. The van der Waals surface area contributed by atoms with Crippen molar-refractivity contribution in [1.82, 2.24) is 10.3 Å². The van der Waals surface area contributed by atoms with Crippen molar-refractivity contribution in [3.05, 3.63) is 23.9 Å². The molecule has 0 aliphatic heterocycles. The van der Waals surface area contributed by atoms with Gasteiger partial charge in [0.05, 0.1) is 0 Å². The first-order valence-corrected chi connectivity index (χ1v) is 6.70. The summed E-state index contributed by atoms with van der Waals surface area (Å²) < 4.78 is 0. The van der Waals surface area contributed by atoms with Gasteiger partial charge in [0.1, 0.15) is 11.5 Å². The van der Waals surface area contributed by atoms with Crippen LogP contribution >= 0.6 is 0 Å². The van der Waals surface area contributed by atoms with E-state index >= 15 is 0 Å². The van der Waals surface area contributed by atoms with Gasteiger partial charge in [-0.25, -0.2) is 4.98 Å². The van der Waals surface area contributed by atoms with Gasteiger partial charge in [0.15, 0.2) is 0 Å². The lowest BCUT2D eigenvalue weighted by molar-refractivity contribution is 0.0916. The fourth-order valence-corrected chi connectivity index (χ4v) is 2.53. The van der Waals surface area contributed by atoms with E-state index in [1.165, 1.54) is 25.7 Å². The molecule has 1 fully saturated rings. The predicted octanol–water partition coefficient (Wildman–Crippen LogP) is 2.36. The minimum absolute atomic E-state index is 0.110. The number of hydrogen-bond acceptors (Lipinski definition) is 3. The molecule has 1 heterocycles. The van der Waals surface area contributed by atoms with Gasteiger partial charge in [-0.15, -0.1) is 0 Å². The van der Waals surface area contributed by atoms with Crippen LogP contribution in [0.1, 0.15) is 49.5 Å². The highest BCUT2D eigenvalue weighted by atomic mass is 16.1. The van der Waals surface area contributed by atoms with Crippen LogP contribution in [-0.2, 0) is 0 Å². The van der Waals surface area contributed by atoms with E-state index in [1.54, 1.807) is 18.2 Å². The summed E-state index contributed by atoms with van der Waals surface area (Å²) in [5.74, 6) is 0.815. The van der Waals surface area contributed by atoms with Crippen LogP contribution in [0.4, 0.5) is 5.82 Å². The van der Waals surface area contributed by atoms with E-state index in [-0.39, 0.29) is 11.9 Å². The normalized spacial score (nSPS) is 24.3. The molecule has 1 aliphatic carbocycles. The zero-order valence-electron chi connectivity index (χ0n) is 10.9. The summed E-state index contributed by atoms with van der Waals surface area (Å²) in [6.07, 6.45) is 5.99. The maximum atomic E-state index is 12.1. The lowest BCUT2D eigenvalue weighted by Crippen LogP contribution is -2.39. The summed E-state index contributed by atoms with van der Waals surface area (Å²) >= 11 is 0. The molecule has 0 bridgehead atoms. The van der Waals surface area contributed by atoms with Gasteiger partial charge >= 0.3 is 0 Å². The molecule has 1 aliphatic rings. The Morgan fingerprint density at radius 1 is 1.33 bits per heavy atom. The van der Waals surface area contributed by atoms with Gasteiger partial charge in [-0.05, 0) is 30.9 Å².